The lowest BCUT2D eigenvalue weighted by molar-refractivity contribution is -0.0176. The molecule has 7 nitrogen and oxygen atoms in total. The molecule has 0 spiro atoms. The summed E-state index contributed by atoms with van der Waals surface area (Å²) in [6, 6.07) is 5.87. The zero-order valence-corrected chi connectivity index (χ0v) is 18.9. The molecule has 4 heterocycles. The van der Waals surface area contributed by atoms with Gasteiger partial charge in [-0.1, -0.05) is 0 Å². The van der Waals surface area contributed by atoms with Gasteiger partial charge in [-0.25, -0.2) is 18.7 Å². The van der Waals surface area contributed by atoms with E-state index in [-0.39, 0.29) is 17.8 Å². The van der Waals surface area contributed by atoms with Crippen molar-refractivity contribution < 1.29 is 13.5 Å². The van der Waals surface area contributed by atoms with Gasteiger partial charge in [-0.15, -0.1) is 0 Å². The standard InChI is InChI=1S/C25H24F2N6O/c1-14-9-28-25-21(30-14)8-23(31-24(25)19-6-3-17(26)7-20(19)27)32-11-15(2)34-22(13-32)16-10-29-33(12-16)18-4-5-18/h3,6-10,12,15,18,22H,4-5,11,13H2,1-2H3/t15-,22-/m0/s1. The van der Waals surface area contributed by atoms with Gasteiger partial charge in [-0.05, 0) is 38.8 Å². The van der Waals surface area contributed by atoms with E-state index < -0.39 is 11.6 Å². The normalized spacial score (nSPS) is 20.8. The molecule has 0 amide bonds. The highest BCUT2D eigenvalue weighted by Crippen LogP contribution is 2.36. The van der Waals surface area contributed by atoms with Crippen molar-refractivity contribution in [1.29, 1.82) is 0 Å². The number of halogens is 2. The van der Waals surface area contributed by atoms with Gasteiger partial charge < -0.3 is 9.64 Å². The summed E-state index contributed by atoms with van der Waals surface area (Å²) in [6.45, 7) is 5.07. The minimum absolute atomic E-state index is 0.0462. The molecule has 0 radical (unpaired) electrons. The molecule has 1 aromatic carbocycles. The fraction of sp³-hybridized carbons (Fsp3) is 0.360. The molecule has 0 bridgehead atoms. The number of pyridine rings is 1. The van der Waals surface area contributed by atoms with Crippen LogP contribution in [0.5, 0.6) is 0 Å². The van der Waals surface area contributed by atoms with Crippen LogP contribution in [0.25, 0.3) is 22.3 Å². The summed E-state index contributed by atoms with van der Waals surface area (Å²) in [5.41, 5.74) is 3.40. The van der Waals surface area contributed by atoms with E-state index in [2.05, 4.69) is 26.2 Å². The minimum Gasteiger partial charge on any atom is -0.367 e. The van der Waals surface area contributed by atoms with Gasteiger partial charge in [0.05, 0.1) is 36.1 Å². The second kappa shape index (κ2) is 8.09. The van der Waals surface area contributed by atoms with Crippen molar-refractivity contribution in [2.24, 2.45) is 0 Å². The van der Waals surface area contributed by atoms with Crippen molar-refractivity contribution in [2.75, 3.05) is 18.0 Å². The molecule has 2 atom stereocenters. The first-order chi connectivity index (χ1) is 16.4. The highest BCUT2D eigenvalue weighted by Gasteiger charge is 2.31. The van der Waals surface area contributed by atoms with Gasteiger partial charge in [-0.2, -0.15) is 5.10 Å². The van der Waals surface area contributed by atoms with Gasteiger partial charge >= 0.3 is 0 Å². The molecule has 6 rings (SSSR count). The molecule has 2 aliphatic rings. The highest BCUT2D eigenvalue weighted by atomic mass is 19.1. The van der Waals surface area contributed by atoms with E-state index in [4.69, 9.17) is 9.72 Å². The van der Waals surface area contributed by atoms with Gasteiger partial charge in [0.2, 0.25) is 0 Å². The zero-order valence-electron chi connectivity index (χ0n) is 18.9. The number of hydrogen-bond donors (Lipinski definition) is 0. The van der Waals surface area contributed by atoms with Crippen LogP contribution in [-0.2, 0) is 4.74 Å². The van der Waals surface area contributed by atoms with Crippen molar-refractivity contribution in [3.05, 3.63) is 65.7 Å². The first kappa shape index (κ1) is 21.1. The molecule has 3 aromatic heterocycles. The SMILES string of the molecule is Cc1cnc2c(-c3ccc(F)cc3F)nc(N3C[C@@H](c4cnn(C5CC5)c4)O[C@@H](C)C3)cc2n1. The van der Waals surface area contributed by atoms with Gasteiger partial charge in [0.15, 0.2) is 0 Å². The third-order valence-corrected chi connectivity index (χ3v) is 6.32. The number of benzene rings is 1. The number of morpholine rings is 1. The monoisotopic (exact) mass is 462 g/mol. The maximum absolute atomic E-state index is 14.8. The molecule has 1 saturated carbocycles. The number of aryl methyl sites for hydroxylation is 1. The smallest absolute Gasteiger partial charge is 0.135 e. The predicted octanol–water partition coefficient (Wildman–Crippen LogP) is 4.78. The Kier molecular flexibility index (Phi) is 5.02. The lowest BCUT2D eigenvalue weighted by atomic mass is 10.1. The number of nitrogens with zero attached hydrogens (tertiary/aromatic N) is 6. The molecule has 174 valence electrons. The van der Waals surface area contributed by atoms with E-state index in [9.17, 15) is 8.78 Å². The number of anilines is 1. The summed E-state index contributed by atoms with van der Waals surface area (Å²) in [6.07, 6.45) is 7.69. The van der Waals surface area contributed by atoms with E-state index in [0.29, 0.717) is 41.7 Å². The minimum atomic E-state index is -0.686. The van der Waals surface area contributed by atoms with Crippen LogP contribution in [0.4, 0.5) is 14.6 Å². The van der Waals surface area contributed by atoms with Gasteiger partial charge in [0.25, 0.3) is 0 Å². The molecule has 4 aromatic rings. The van der Waals surface area contributed by atoms with Crippen LogP contribution in [0, 0.1) is 18.6 Å². The van der Waals surface area contributed by atoms with Crippen molar-refractivity contribution in [2.45, 2.75) is 44.9 Å². The van der Waals surface area contributed by atoms with Crippen LogP contribution in [0.15, 0.2) is 42.9 Å². The molecule has 1 aliphatic carbocycles. The number of ether oxygens (including phenoxy) is 1. The summed E-state index contributed by atoms with van der Waals surface area (Å²) in [5, 5.41) is 4.51. The third kappa shape index (κ3) is 3.90. The van der Waals surface area contributed by atoms with Crippen LogP contribution < -0.4 is 4.90 Å². The van der Waals surface area contributed by atoms with E-state index >= 15 is 0 Å². The van der Waals surface area contributed by atoms with E-state index in [1.807, 2.05) is 30.8 Å². The fourth-order valence-corrected chi connectivity index (χ4v) is 4.51. The molecule has 1 aliphatic heterocycles. The quantitative estimate of drug-likeness (QED) is 0.435. The van der Waals surface area contributed by atoms with Crippen LogP contribution in [-0.4, -0.2) is 43.9 Å². The van der Waals surface area contributed by atoms with Crippen LogP contribution in [0.3, 0.4) is 0 Å². The topological polar surface area (TPSA) is 69.0 Å². The average Bonchev–Trinajstić information content (AvgIpc) is 3.54. The van der Waals surface area contributed by atoms with Gasteiger partial charge in [0.1, 0.15) is 34.8 Å². The number of fused-ring (bicyclic) bond motifs is 1. The summed E-state index contributed by atoms with van der Waals surface area (Å²) in [4.78, 5) is 16.0. The maximum Gasteiger partial charge on any atom is 0.135 e. The summed E-state index contributed by atoms with van der Waals surface area (Å²) in [7, 11) is 0. The third-order valence-electron chi connectivity index (χ3n) is 6.32. The lowest BCUT2D eigenvalue weighted by Gasteiger charge is -2.37. The first-order valence-corrected chi connectivity index (χ1v) is 11.5. The Morgan fingerprint density at radius 1 is 1.06 bits per heavy atom. The van der Waals surface area contributed by atoms with Crippen LogP contribution >= 0.6 is 0 Å². The van der Waals surface area contributed by atoms with Crippen molar-refractivity contribution in [1.82, 2.24) is 24.7 Å². The largest absolute Gasteiger partial charge is 0.367 e. The summed E-state index contributed by atoms with van der Waals surface area (Å²) < 4.78 is 36.6. The number of rotatable bonds is 4. The second-order valence-corrected chi connectivity index (χ2v) is 9.16. The molecule has 2 fully saturated rings. The van der Waals surface area contributed by atoms with Crippen LogP contribution in [0.1, 0.15) is 43.2 Å². The second-order valence-electron chi connectivity index (χ2n) is 9.16. The Hall–Kier alpha value is -3.46. The predicted molar refractivity (Wildman–Crippen MR) is 123 cm³/mol. The van der Waals surface area contributed by atoms with E-state index in [0.717, 1.165) is 17.3 Å². The van der Waals surface area contributed by atoms with Gasteiger partial charge in [-0.3, -0.25) is 9.67 Å². The maximum atomic E-state index is 14.8. The molecule has 0 N–H and O–H groups in total. The van der Waals surface area contributed by atoms with Crippen LogP contribution in [0.2, 0.25) is 0 Å². The molecular weight excluding hydrogens is 438 g/mol. The highest BCUT2D eigenvalue weighted by molar-refractivity contribution is 5.91. The molecule has 34 heavy (non-hydrogen) atoms. The Bertz CT molecular complexity index is 1390. The molecule has 1 saturated heterocycles. The lowest BCUT2D eigenvalue weighted by Crippen LogP contribution is -2.43. The molecule has 0 unspecified atom stereocenters. The Balaban J connectivity index is 1.41. The van der Waals surface area contributed by atoms with Crippen molar-refractivity contribution >= 4 is 16.9 Å². The number of aromatic nitrogens is 5. The van der Waals surface area contributed by atoms with E-state index in [1.165, 1.54) is 25.0 Å². The average molecular weight is 463 g/mol. The summed E-state index contributed by atoms with van der Waals surface area (Å²) in [5.74, 6) is -0.671. The van der Waals surface area contributed by atoms with Gasteiger partial charge in [0, 0.05) is 42.2 Å². The Morgan fingerprint density at radius 3 is 2.71 bits per heavy atom. The fourth-order valence-electron chi connectivity index (χ4n) is 4.51. The van der Waals surface area contributed by atoms with Crippen molar-refractivity contribution in [3.63, 3.8) is 0 Å². The van der Waals surface area contributed by atoms with Crippen molar-refractivity contribution in [3.8, 4) is 11.3 Å². The Morgan fingerprint density at radius 2 is 1.91 bits per heavy atom. The molecular formula is C25H24F2N6O. The summed E-state index contributed by atoms with van der Waals surface area (Å²) >= 11 is 0. The van der Waals surface area contributed by atoms with E-state index in [1.54, 1.807) is 6.20 Å². The first-order valence-electron chi connectivity index (χ1n) is 11.5. The Labute approximate surface area is 195 Å². The molecule has 9 heteroatoms. The number of hydrogen-bond acceptors (Lipinski definition) is 6. The zero-order chi connectivity index (χ0) is 23.4.